The summed E-state index contributed by atoms with van der Waals surface area (Å²) in [5.41, 5.74) is 3.17. The summed E-state index contributed by atoms with van der Waals surface area (Å²) in [4.78, 5) is 136. The molecule has 3 saturated heterocycles. The van der Waals surface area contributed by atoms with Crippen molar-refractivity contribution >= 4 is 83.6 Å². The molecule has 0 aliphatic carbocycles. The quantitative estimate of drug-likeness (QED) is 0.0296. The molecular formula is C68H128Cl2N6O23. The lowest BCUT2D eigenvalue weighted by atomic mass is 10.1. The minimum Gasteiger partial charge on any atom is -0.480 e. The van der Waals surface area contributed by atoms with Crippen LogP contribution in [0.1, 0.15) is 222 Å². The number of esters is 4. The van der Waals surface area contributed by atoms with Crippen molar-refractivity contribution in [3.63, 3.8) is 0 Å². The molecule has 6 N–H and O–H groups in total. The highest BCUT2D eigenvalue weighted by Gasteiger charge is 2.33. The average Bonchev–Trinajstić information content (AvgIpc) is 1.83. The predicted octanol–water partition coefficient (Wildman–Crippen LogP) is 7.88. The topological polar surface area (TPSA) is 396 Å². The summed E-state index contributed by atoms with van der Waals surface area (Å²) < 4.78 is 42.5. The van der Waals surface area contributed by atoms with Crippen LogP contribution in [0.4, 0.5) is 4.79 Å². The number of carbonyl (C=O) groups is 7. The first-order valence-corrected chi connectivity index (χ1v) is 33.9. The standard InChI is InChI=1S/C24H46N2O5.C13H24N2O4.C12H24N2O2.C12H24O4.C2H3ClO.C2H6O.3CO2.ClH/c1-9-18-12-11-16-26(18)17-14-19(21(27)29-10-2)25-15-13-20(30-23(3,4)5)22(28)31-24(6,7)8;1-13(2,3)19-12(18)14-10(11(16)17)6-9-15-7-4-5-8-15;1-3-10-6-5-8-14(10)9-7-11(13)12(15)16-4-2;1-11(2,3)15-9(8-14-7)10(13)16-12(4,5)6;1-2(3)4;1-2-3;3*2-1-3;/h18-20,25H,9-17H2,1-8H3;10H,4-9H2,1-3H3,(H,14,18)(H,16,17);10-11H,3-9,13H2,1-2H3;9H,8H2,1-7H3;1H3;3H,2H2,1H3;;;;1H/t18-,19+,20+;10-;10-,11+;9-;;;;;;/m1010....../s1. The number of amides is 1. The maximum Gasteiger partial charge on any atom is 0.408 e. The average molecular weight is 1470 g/mol. The molecule has 3 fully saturated rings. The number of carboxylic acids is 1. The second kappa shape index (κ2) is 61.3. The van der Waals surface area contributed by atoms with Crippen molar-refractivity contribution in [2.45, 2.75) is 293 Å². The number of nitrogens with zero attached hydrogens (tertiary/aromatic N) is 3. The van der Waals surface area contributed by atoms with Crippen LogP contribution in [-0.4, -0.2) is 241 Å². The van der Waals surface area contributed by atoms with E-state index in [1.54, 1.807) is 34.6 Å². The molecule has 3 heterocycles. The molecule has 0 aromatic carbocycles. The number of hydrogen-bond acceptors (Lipinski definition) is 27. The van der Waals surface area contributed by atoms with Crippen molar-refractivity contribution in [2.24, 2.45) is 5.73 Å². The Labute approximate surface area is 601 Å². The molecule has 0 unspecified atom stereocenters. The number of aliphatic hydroxyl groups is 1. The summed E-state index contributed by atoms with van der Waals surface area (Å²) in [5.74, 6) is -2.29. The lowest BCUT2D eigenvalue weighted by Crippen LogP contribution is -2.45. The number of carbonyl (C=O) groups excluding carboxylic acids is 12. The molecule has 1 amide bonds. The van der Waals surface area contributed by atoms with Crippen molar-refractivity contribution in [3.8, 4) is 0 Å². The third-order valence-electron chi connectivity index (χ3n) is 12.9. The minimum absolute atomic E-state index is 0. The van der Waals surface area contributed by atoms with Gasteiger partial charge in [0, 0.05) is 52.4 Å². The van der Waals surface area contributed by atoms with Crippen LogP contribution in [0.3, 0.4) is 0 Å². The zero-order valence-electron chi connectivity index (χ0n) is 63.7. The van der Waals surface area contributed by atoms with Gasteiger partial charge in [-0.15, -0.1) is 12.4 Å². The van der Waals surface area contributed by atoms with E-state index in [0.717, 1.165) is 58.5 Å². The molecule has 29 nitrogen and oxygen atoms in total. The highest BCUT2D eigenvalue weighted by Crippen LogP contribution is 2.23. The first-order valence-electron chi connectivity index (χ1n) is 33.6. The number of aliphatic hydroxyl groups excluding tert-OH is 1. The third kappa shape index (κ3) is 69.5. The van der Waals surface area contributed by atoms with E-state index in [-0.39, 0.29) is 73.2 Å². The molecule has 3 aliphatic heterocycles. The maximum atomic E-state index is 12.6. The van der Waals surface area contributed by atoms with Crippen molar-refractivity contribution in [3.05, 3.63) is 0 Å². The van der Waals surface area contributed by atoms with Gasteiger partial charge in [0.2, 0.25) is 5.24 Å². The lowest BCUT2D eigenvalue weighted by molar-refractivity contribution is -0.193. The van der Waals surface area contributed by atoms with Gasteiger partial charge in [-0.05, 0) is 246 Å². The third-order valence-corrected chi connectivity index (χ3v) is 12.9. The van der Waals surface area contributed by atoms with Gasteiger partial charge >= 0.3 is 54.4 Å². The van der Waals surface area contributed by atoms with Crippen LogP contribution in [0.25, 0.3) is 0 Å². The molecule has 7 atom stereocenters. The zero-order valence-corrected chi connectivity index (χ0v) is 65.3. The Morgan fingerprint density at radius 3 is 1.26 bits per heavy atom. The summed E-state index contributed by atoms with van der Waals surface area (Å²) in [6.45, 7) is 47.1. The Morgan fingerprint density at radius 1 is 0.545 bits per heavy atom. The fraction of sp³-hybridized carbons (Fsp3) is 0.853. The monoisotopic (exact) mass is 1470 g/mol. The molecule has 31 heteroatoms. The Hall–Kier alpha value is -5.35. The van der Waals surface area contributed by atoms with Crippen LogP contribution in [-0.2, 0) is 95.4 Å². The number of alkyl carbamates (subject to hydrolysis) is 1. The van der Waals surface area contributed by atoms with Gasteiger partial charge < -0.3 is 79.2 Å². The Kier molecular flexibility index (Phi) is 66.3. The van der Waals surface area contributed by atoms with E-state index < -0.39 is 70.4 Å². The highest BCUT2D eigenvalue weighted by atomic mass is 35.5. The second-order valence-electron chi connectivity index (χ2n) is 27.3. The Balaban J connectivity index is -0.000000217. The normalized spacial score (nSPS) is 16.5. The number of methoxy groups -OCH3 is 1. The van der Waals surface area contributed by atoms with Gasteiger partial charge in [-0.25, -0.2) is 19.2 Å². The van der Waals surface area contributed by atoms with E-state index in [4.69, 9.17) is 82.6 Å². The molecule has 0 radical (unpaired) electrons. The van der Waals surface area contributed by atoms with Gasteiger partial charge in [0.15, 0.2) is 12.2 Å². The first kappa shape index (κ1) is 107. The van der Waals surface area contributed by atoms with Crippen molar-refractivity contribution < 1.29 is 110 Å². The van der Waals surface area contributed by atoms with Gasteiger partial charge in [0.05, 0.1) is 31.0 Å². The van der Waals surface area contributed by atoms with Crippen LogP contribution >= 0.6 is 24.0 Å². The van der Waals surface area contributed by atoms with Crippen LogP contribution in [0.15, 0.2) is 0 Å². The predicted molar refractivity (Wildman–Crippen MR) is 372 cm³/mol. The van der Waals surface area contributed by atoms with Gasteiger partial charge in [-0.2, -0.15) is 28.8 Å². The SMILES string of the molecule is CC(=O)Cl.CC(C)(C)OC(=O)N[C@@H](CCN1CCCC1)C(=O)O.CCO.CCOC(=O)[C@@H](N)CCN1CCC[C@H]1CC.CCOC(=O)[C@H](CCN1CCC[C@H]1CC)NCC[C@H](OC(C)(C)C)C(=O)OC(C)(C)C.COC[C@H](OC(C)(C)C)C(=O)OC(C)(C)C.Cl.O=C=O.O=C=O.O=C=O. The van der Waals surface area contributed by atoms with E-state index in [0.29, 0.717) is 64.1 Å². The number of hydrogen-bond donors (Lipinski definition) is 5. The molecular weight excluding hydrogens is 1340 g/mol. The fourth-order valence-corrected chi connectivity index (χ4v) is 9.35. The molecule has 0 saturated carbocycles. The van der Waals surface area contributed by atoms with Crippen molar-refractivity contribution in [2.75, 3.05) is 85.9 Å². The minimum atomic E-state index is -1.02. The van der Waals surface area contributed by atoms with Gasteiger partial charge in [-0.1, -0.05) is 13.8 Å². The first-order chi connectivity index (χ1) is 45.3. The molecule has 3 aliphatic rings. The Morgan fingerprint density at radius 2 is 0.909 bits per heavy atom. The van der Waals surface area contributed by atoms with Crippen LogP contribution in [0, 0.1) is 0 Å². The van der Waals surface area contributed by atoms with E-state index in [2.05, 4.69) is 50.8 Å². The molecule has 0 aromatic heterocycles. The summed E-state index contributed by atoms with van der Waals surface area (Å²) in [5, 5.41) is 22.0. The van der Waals surface area contributed by atoms with Crippen molar-refractivity contribution in [1.82, 2.24) is 25.3 Å². The number of likely N-dealkylation sites (tertiary alicyclic amines) is 3. The number of nitrogens with one attached hydrogen (secondary N) is 2. The molecule has 0 spiro atoms. The number of halogens is 2. The van der Waals surface area contributed by atoms with Crippen molar-refractivity contribution in [1.29, 1.82) is 0 Å². The highest BCUT2D eigenvalue weighted by molar-refractivity contribution is 6.62. The van der Waals surface area contributed by atoms with Crippen LogP contribution in [0.2, 0.25) is 0 Å². The summed E-state index contributed by atoms with van der Waals surface area (Å²) >= 11 is 4.64. The summed E-state index contributed by atoms with van der Waals surface area (Å²) in [7, 11) is 1.53. The molecule has 0 aromatic rings. The van der Waals surface area contributed by atoms with Gasteiger partial charge in [-0.3, -0.25) is 14.4 Å². The fourth-order valence-electron chi connectivity index (χ4n) is 9.35. The number of carboxylic acid groups (broad SMARTS) is 1. The summed E-state index contributed by atoms with van der Waals surface area (Å²) in [6.07, 6.45) is 10.6. The van der Waals surface area contributed by atoms with E-state index in [1.165, 1.54) is 46.1 Å². The van der Waals surface area contributed by atoms with Crippen LogP contribution < -0.4 is 16.4 Å². The molecule has 99 heavy (non-hydrogen) atoms. The second-order valence-corrected chi connectivity index (χ2v) is 27.9. The summed E-state index contributed by atoms with van der Waals surface area (Å²) in [6, 6.07) is -0.450. The van der Waals surface area contributed by atoms with E-state index in [1.807, 2.05) is 90.0 Å². The van der Waals surface area contributed by atoms with E-state index in [9.17, 15) is 33.6 Å². The smallest absolute Gasteiger partial charge is 0.408 e. The largest absolute Gasteiger partial charge is 0.480 e. The maximum absolute atomic E-state index is 12.6. The van der Waals surface area contributed by atoms with Gasteiger partial charge in [0.1, 0.15) is 34.9 Å². The zero-order chi connectivity index (χ0) is 77.5. The van der Waals surface area contributed by atoms with E-state index >= 15 is 0 Å². The number of nitrogens with two attached hydrogens (primary N) is 1. The van der Waals surface area contributed by atoms with Gasteiger partial charge in [0.25, 0.3) is 0 Å². The number of aliphatic carboxylic acids is 1. The number of ether oxygens (including phenoxy) is 8. The molecule has 3 rings (SSSR count). The number of rotatable bonds is 27. The molecule has 582 valence electrons. The Bertz CT molecular complexity index is 2210. The van der Waals surface area contributed by atoms with Crippen LogP contribution in [0.5, 0.6) is 0 Å². The lowest BCUT2D eigenvalue weighted by Gasteiger charge is -2.30. The molecule has 0 bridgehead atoms.